The summed E-state index contributed by atoms with van der Waals surface area (Å²) in [6.45, 7) is 2.39. The van der Waals surface area contributed by atoms with E-state index in [0.29, 0.717) is 29.4 Å². The van der Waals surface area contributed by atoms with Gasteiger partial charge in [0.05, 0.1) is 12.1 Å². The summed E-state index contributed by atoms with van der Waals surface area (Å²) in [5, 5.41) is 12.3. The third kappa shape index (κ3) is 3.37. The first-order valence-corrected chi connectivity index (χ1v) is 7.08. The smallest absolute Gasteiger partial charge is 0.336 e. The van der Waals surface area contributed by atoms with Crippen molar-refractivity contribution in [1.29, 1.82) is 0 Å². The zero-order valence-electron chi connectivity index (χ0n) is 12.5. The van der Waals surface area contributed by atoms with Crippen LogP contribution < -0.4 is 10.1 Å². The van der Waals surface area contributed by atoms with E-state index in [-0.39, 0.29) is 5.56 Å². The molecule has 0 saturated heterocycles. The Labute approximate surface area is 133 Å². The van der Waals surface area contributed by atoms with Crippen molar-refractivity contribution in [2.45, 2.75) is 6.92 Å². The number of pyridine rings is 1. The first-order valence-electron chi connectivity index (χ1n) is 7.08. The zero-order valence-corrected chi connectivity index (χ0v) is 12.5. The monoisotopic (exact) mass is 309 g/mol. The van der Waals surface area contributed by atoms with Gasteiger partial charge in [0.2, 0.25) is 0 Å². The molecule has 1 aliphatic rings. The molecule has 1 aliphatic heterocycles. The minimum absolute atomic E-state index is 0.223. The maximum Gasteiger partial charge on any atom is 0.336 e. The van der Waals surface area contributed by atoms with Crippen molar-refractivity contribution in [1.82, 2.24) is 4.98 Å². The third-order valence-corrected chi connectivity index (χ3v) is 3.37. The number of nitrogens with one attached hydrogen (secondary N) is 1. The van der Waals surface area contributed by atoms with Crippen LogP contribution in [-0.2, 0) is 0 Å². The molecule has 0 spiro atoms. The number of amidine groups is 1. The molecule has 0 atom stereocenters. The Hall–Kier alpha value is -3.15. The lowest BCUT2D eigenvalue weighted by Gasteiger charge is -2.11. The molecule has 2 aromatic rings. The normalized spacial score (nSPS) is 12.8. The minimum atomic E-state index is -0.976. The molecule has 6 heteroatoms. The minimum Gasteiger partial charge on any atom is -0.478 e. The van der Waals surface area contributed by atoms with E-state index in [0.717, 1.165) is 5.84 Å². The maximum absolute atomic E-state index is 11.2. The summed E-state index contributed by atoms with van der Waals surface area (Å²) >= 11 is 0. The lowest BCUT2D eigenvalue weighted by molar-refractivity contribution is 0.0695. The Morgan fingerprint density at radius 1 is 1.35 bits per heavy atom. The number of carbonyl (C=O) groups is 1. The molecule has 3 rings (SSSR count). The molecule has 0 unspecified atom stereocenters. The lowest BCUT2D eigenvalue weighted by Crippen LogP contribution is -2.08. The number of carboxylic acids is 1. The summed E-state index contributed by atoms with van der Waals surface area (Å²) < 4.78 is 5.80. The van der Waals surface area contributed by atoms with Gasteiger partial charge in [0, 0.05) is 17.8 Å². The van der Waals surface area contributed by atoms with E-state index < -0.39 is 5.97 Å². The predicted octanol–water partition coefficient (Wildman–Crippen LogP) is 3.26. The van der Waals surface area contributed by atoms with Gasteiger partial charge in [0.25, 0.3) is 0 Å². The number of ether oxygens (including phenoxy) is 1. The van der Waals surface area contributed by atoms with Gasteiger partial charge in [-0.3, -0.25) is 4.99 Å². The Morgan fingerprint density at radius 2 is 2.22 bits per heavy atom. The van der Waals surface area contributed by atoms with E-state index in [1.807, 2.05) is 12.2 Å². The first kappa shape index (κ1) is 14.8. The van der Waals surface area contributed by atoms with Gasteiger partial charge in [0.15, 0.2) is 0 Å². The summed E-state index contributed by atoms with van der Waals surface area (Å²) in [5.41, 5.74) is 0.801. The van der Waals surface area contributed by atoms with Gasteiger partial charge in [-0.1, -0.05) is 12.1 Å². The van der Waals surface area contributed by atoms with Gasteiger partial charge in [-0.25, -0.2) is 9.78 Å². The van der Waals surface area contributed by atoms with Crippen LogP contribution in [0.15, 0.2) is 53.7 Å². The standard InChI is InChI=1S/C17H15N3O3/c1-11-13(17(21)22)4-2-5-14(11)23-12-7-9-19-16(10-12)20-15-6-3-8-18-15/h2-7,9-10H,8H2,1H3,(H,21,22)(H,18,19,20). The largest absolute Gasteiger partial charge is 0.478 e. The number of nitrogens with zero attached hydrogens (tertiary/aromatic N) is 2. The van der Waals surface area contributed by atoms with E-state index in [4.69, 9.17) is 9.84 Å². The van der Waals surface area contributed by atoms with Crippen LogP contribution in [0.5, 0.6) is 11.5 Å². The molecule has 23 heavy (non-hydrogen) atoms. The lowest BCUT2D eigenvalue weighted by atomic mass is 10.1. The highest BCUT2D eigenvalue weighted by molar-refractivity contribution is 6.04. The van der Waals surface area contributed by atoms with Gasteiger partial charge >= 0.3 is 5.97 Å². The Morgan fingerprint density at radius 3 is 2.96 bits per heavy atom. The zero-order chi connectivity index (χ0) is 16.2. The second-order valence-corrected chi connectivity index (χ2v) is 4.97. The van der Waals surface area contributed by atoms with E-state index in [1.54, 1.807) is 43.5 Å². The van der Waals surface area contributed by atoms with Gasteiger partial charge in [-0.2, -0.15) is 0 Å². The Kier molecular flexibility index (Phi) is 4.05. The van der Waals surface area contributed by atoms with Crippen molar-refractivity contribution in [3.63, 3.8) is 0 Å². The van der Waals surface area contributed by atoms with Gasteiger partial charge in [-0.15, -0.1) is 0 Å². The molecule has 1 aromatic carbocycles. The number of benzene rings is 1. The number of rotatable bonds is 4. The highest BCUT2D eigenvalue weighted by atomic mass is 16.5. The number of aromatic carboxylic acids is 1. The number of anilines is 1. The number of carboxylic acid groups (broad SMARTS) is 1. The summed E-state index contributed by atoms with van der Waals surface area (Å²) in [4.78, 5) is 19.6. The fraction of sp³-hybridized carbons (Fsp3) is 0.118. The maximum atomic E-state index is 11.2. The summed E-state index contributed by atoms with van der Waals surface area (Å²) in [7, 11) is 0. The van der Waals surface area contributed by atoms with E-state index >= 15 is 0 Å². The topological polar surface area (TPSA) is 83.8 Å². The molecule has 0 fully saturated rings. The number of aliphatic imine (C=N–C) groups is 1. The molecule has 2 N–H and O–H groups in total. The number of hydrogen-bond acceptors (Lipinski definition) is 5. The van der Waals surface area contributed by atoms with Crippen LogP contribution in [0.2, 0.25) is 0 Å². The molecular weight excluding hydrogens is 294 g/mol. The molecule has 6 nitrogen and oxygen atoms in total. The van der Waals surface area contributed by atoms with Crippen LogP contribution in [-0.4, -0.2) is 28.4 Å². The van der Waals surface area contributed by atoms with E-state index in [2.05, 4.69) is 15.3 Å². The average molecular weight is 309 g/mol. The summed E-state index contributed by atoms with van der Waals surface area (Å²) in [6.07, 6.45) is 5.45. The van der Waals surface area contributed by atoms with Crippen LogP contribution in [0.3, 0.4) is 0 Å². The molecule has 0 aliphatic carbocycles. The predicted molar refractivity (Wildman–Crippen MR) is 87.5 cm³/mol. The Balaban J connectivity index is 1.82. The van der Waals surface area contributed by atoms with Crippen molar-refractivity contribution in [2.24, 2.45) is 4.99 Å². The van der Waals surface area contributed by atoms with Gasteiger partial charge in [-0.05, 0) is 31.2 Å². The van der Waals surface area contributed by atoms with Crippen molar-refractivity contribution < 1.29 is 14.6 Å². The fourth-order valence-electron chi connectivity index (χ4n) is 2.21. The van der Waals surface area contributed by atoms with E-state index in [9.17, 15) is 4.79 Å². The molecule has 0 bridgehead atoms. The molecule has 2 heterocycles. The quantitative estimate of drug-likeness (QED) is 0.905. The first-order chi connectivity index (χ1) is 11.1. The molecule has 0 saturated carbocycles. The fourth-order valence-corrected chi connectivity index (χ4v) is 2.21. The van der Waals surface area contributed by atoms with Crippen molar-refractivity contribution in [3.8, 4) is 11.5 Å². The Bertz CT molecular complexity index is 812. The molecule has 1 aromatic heterocycles. The third-order valence-electron chi connectivity index (χ3n) is 3.37. The van der Waals surface area contributed by atoms with Crippen LogP contribution in [0.25, 0.3) is 0 Å². The number of hydrogen-bond donors (Lipinski definition) is 2. The second kappa shape index (κ2) is 6.31. The molecule has 116 valence electrons. The van der Waals surface area contributed by atoms with Crippen LogP contribution in [0, 0.1) is 6.92 Å². The van der Waals surface area contributed by atoms with Crippen LogP contribution in [0.1, 0.15) is 15.9 Å². The van der Waals surface area contributed by atoms with Gasteiger partial charge in [0.1, 0.15) is 23.2 Å². The van der Waals surface area contributed by atoms with Gasteiger partial charge < -0.3 is 15.2 Å². The van der Waals surface area contributed by atoms with Crippen LogP contribution in [0.4, 0.5) is 5.82 Å². The van der Waals surface area contributed by atoms with Crippen LogP contribution >= 0.6 is 0 Å². The average Bonchev–Trinajstić information content (AvgIpc) is 3.02. The van der Waals surface area contributed by atoms with Crippen molar-refractivity contribution in [2.75, 3.05) is 11.9 Å². The molecule has 0 amide bonds. The SMILES string of the molecule is Cc1c(Oc2ccnc(NC3=NCC=C3)c2)cccc1C(=O)O. The molecule has 0 radical (unpaired) electrons. The summed E-state index contributed by atoms with van der Waals surface area (Å²) in [6, 6.07) is 8.39. The second-order valence-electron chi connectivity index (χ2n) is 4.97. The summed E-state index contributed by atoms with van der Waals surface area (Å²) in [5.74, 6) is 1.45. The van der Waals surface area contributed by atoms with E-state index in [1.165, 1.54) is 0 Å². The molecular formula is C17H15N3O3. The van der Waals surface area contributed by atoms with Crippen molar-refractivity contribution >= 4 is 17.6 Å². The van der Waals surface area contributed by atoms with Crippen molar-refractivity contribution in [3.05, 3.63) is 59.8 Å². The highest BCUT2D eigenvalue weighted by Crippen LogP contribution is 2.28. The highest BCUT2D eigenvalue weighted by Gasteiger charge is 2.12. The number of aromatic nitrogens is 1.